The summed E-state index contributed by atoms with van der Waals surface area (Å²) in [6, 6.07) is 26.2. The first-order valence-corrected chi connectivity index (χ1v) is 7.43. The summed E-state index contributed by atoms with van der Waals surface area (Å²) in [6.45, 7) is 4.29. The van der Waals surface area contributed by atoms with Crippen molar-refractivity contribution in [3.05, 3.63) is 95.1 Å². The fraction of sp³-hybridized carbons (Fsp3) is 0.143. The van der Waals surface area contributed by atoms with Crippen LogP contribution in [0.1, 0.15) is 22.3 Å². The van der Waals surface area contributed by atoms with E-state index in [1.807, 2.05) is 0 Å². The van der Waals surface area contributed by atoms with Crippen molar-refractivity contribution in [2.75, 3.05) is 0 Å². The second-order valence-electron chi connectivity index (χ2n) is 5.69. The molecule has 0 aliphatic rings. The van der Waals surface area contributed by atoms with Crippen LogP contribution in [0.3, 0.4) is 0 Å². The maximum atomic E-state index is 2.27. The van der Waals surface area contributed by atoms with Crippen LogP contribution in [0.5, 0.6) is 0 Å². The lowest BCUT2D eigenvalue weighted by Crippen LogP contribution is -1.93. The zero-order valence-electron chi connectivity index (χ0n) is 12.6. The van der Waals surface area contributed by atoms with E-state index in [-0.39, 0.29) is 0 Å². The van der Waals surface area contributed by atoms with Gasteiger partial charge in [-0.1, -0.05) is 83.9 Å². The summed E-state index contributed by atoms with van der Waals surface area (Å²) in [5.41, 5.74) is 8.02. The van der Waals surface area contributed by atoms with Crippen LogP contribution in [0, 0.1) is 13.8 Å². The van der Waals surface area contributed by atoms with Gasteiger partial charge in [0.1, 0.15) is 0 Å². The molecule has 0 aliphatic carbocycles. The third-order valence-electron chi connectivity index (χ3n) is 3.82. The molecule has 0 atom stereocenters. The first-order valence-electron chi connectivity index (χ1n) is 7.43. The van der Waals surface area contributed by atoms with E-state index in [0.29, 0.717) is 0 Å². The topological polar surface area (TPSA) is 0 Å². The highest BCUT2D eigenvalue weighted by Gasteiger charge is 2.05. The first kappa shape index (κ1) is 13.6. The van der Waals surface area contributed by atoms with Gasteiger partial charge in [0.2, 0.25) is 0 Å². The van der Waals surface area contributed by atoms with Crippen LogP contribution in [0.15, 0.2) is 72.8 Å². The summed E-state index contributed by atoms with van der Waals surface area (Å²) in [5.74, 6) is 0. The van der Waals surface area contributed by atoms with Gasteiger partial charge < -0.3 is 0 Å². The van der Waals surface area contributed by atoms with Crippen LogP contribution in [0.4, 0.5) is 0 Å². The molecule has 0 saturated carbocycles. The molecule has 0 heteroatoms. The number of aryl methyl sites for hydroxylation is 2. The van der Waals surface area contributed by atoms with Crippen molar-refractivity contribution >= 4 is 0 Å². The van der Waals surface area contributed by atoms with Crippen LogP contribution >= 0.6 is 0 Å². The van der Waals surface area contributed by atoms with E-state index >= 15 is 0 Å². The maximum Gasteiger partial charge on any atom is -0.00195 e. The summed E-state index contributed by atoms with van der Waals surface area (Å²) in [7, 11) is 0. The van der Waals surface area contributed by atoms with E-state index in [4.69, 9.17) is 0 Å². The standard InChI is InChI=1S/C21H20/c1-16-7-5-9-18(13-16)15-20-10-3-4-12-21(20)19-11-6-8-17(2)14-19/h3-14H,15H2,1-2H3. The zero-order chi connectivity index (χ0) is 14.7. The van der Waals surface area contributed by atoms with Crippen molar-refractivity contribution in [1.29, 1.82) is 0 Å². The second-order valence-corrected chi connectivity index (χ2v) is 5.69. The van der Waals surface area contributed by atoms with E-state index in [9.17, 15) is 0 Å². The smallest absolute Gasteiger partial charge is 0.00195 e. The molecule has 3 rings (SSSR count). The highest BCUT2D eigenvalue weighted by Crippen LogP contribution is 2.26. The van der Waals surface area contributed by atoms with Gasteiger partial charge in [-0.15, -0.1) is 0 Å². The molecule has 0 radical (unpaired) electrons. The minimum atomic E-state index is 0.978. The normalized spacial score (nSPS) is 10.6. The quantitative estimate of drug-likeness (QED) is 0.585. The molecular formula is C21H20. The molecule has 0 N–H and O–H groups in total. The van der Waals surface area contributed by atoms with E-state index in [1.165, 1.54) is 33.4 Å². The number of rotatable bonds is 3. The van der Waals surface area contributed by atoms with Gasteiger partial charge in [-0.2, -0.15) is 0 Å². The maximum absolute atomic E-state index is 2.27. The molecule has 21 heavy (non-hydrogen) atoms. The van der Waals surface area contributed by atoms with Crippen LogP contribution in [0.25, 0.3) is 11.1 Å². The van der Waals surface area contributed by atoms with Crippen molar-refractivity contribution < 1.29 is 0 Å². The Hall–Kier alpha value is -2.34. The predicted octanol–water partition coefficient (Wildman–Crippen LogP) is 5.56. The Morgan fingerprint density at radius 1 is 0.667 bits per heavy atom. The molecule has 0 unspecified atom stereocenters. The minimum Gasteiger partial charge on any atom is -0.0619 e. The highest BCUT2D eigenvalue weighted by molar-refractivity contribution is 5.68. The SMILES string of the molecule is Cc1cccc(Cc2ccccc2-c2cccc(C)c2)c1. The van der Waals surface area contributed by atoms with Crippen molar-refractivity contribution in [2.45, 2.75) is 20.3 Å². The largest absolute Gasteiger partial charge is 0.0619 e. The molecule has 104 valence electrons. The summed E-state index contributed by atoms with van der Waals surface area (Å²) in [4.78, 5) is 0. The molecular weight excluding hydrogens is 252 g/mol. The number of benzene rings is 3. The van der Waals surface area contributed by atoms with Crippen molar-refractivity contribution in [1.82, 2.24) is 0 Å². The zero-order valence-corrected chi connectivity index (χ0v) is 12.6. The Morgan fingerprint density at radius 2 is 1.38 bits per heavy atom. The average molecular weight is 272 g/mol. The summed E-state index contributed by atoms with van der Waals surface area (Å²) in [5, 5.41) is 0. The molecule has 0 aliphatic heterocycles. The van der Waals surface area contributed by atoms with Crippen LogP contribution in [-0.4, -0.2) is 0 Å². The Morgan fingerprint density at radius 3 is 2.14 bits per heavy atom. The molecule has 0 saturated heterocycles. The van der Waals surface area contributed by atoms with Crippen LogP contribution in [0.2, 0.25) is 0 Å². The van der Waals surface area contributed by atoms with E-state index in [1.54, 1.807) is 0 Å². The van der Waals surface area contributed by atoms with Crippen LogP contribution in [-0.2, 0) is 6.42 Å². The monoisotopic (exact) mass is 272 g/mol. The van der Waals surface area contributed by atoms with Gasteiger partial charge in [0.25, 0.3) is 0 Å². The molecule has 0 nitrogen and oxygen atoms in total. The van der Waals surface area contributed by atoms with Gasteiger partial charge in [-0.25, -0.2) is 0 Å². The Balaban J connectivity index is 2.00. The third-order valence-corrected chi connectivity index (χ3v) is 3.82. The lowest BCUT2D eigenvalue weighted by Gasteiger charge is -2.11. The van der Waals surface area contributed by atoms with E-state index in [2.05, 4.69) is 86.6 Å². The van der Waals surface area contributed by atoms with Crippen molar-refractivity contribution in [3.8, 4) is 11.1 Å². The highest BCUT2D eigenvalue weighted by atomic mass is 14.1. The van der Waals surface area contributed by atoms with Gasteiger partial charge >= 0.3 is 0 Å². The van der Waals surface area contributed by atoms with E-state index in [0.717, 1.165) is 6.42 Å². The van der Waals surface area contributed by atoms with Gasteiger partial charge in [-0.3, -0.25) is 0 Å². The Kier molecular flexibility index (Phi) is 3.87. The molecule has 0 fully saturated rings. The third kappa shape index (κ3) is 3.22. The van der Waals surface area contributed by atoms with E-state index < -0.39 is 0 Å². The number of hydrogen-bond acceptors (Lipinski definition) is 0. The lowest BCUT2D eigenvalue weighted by atomic mass is 9.94. The van der Waals surface area contributed by atoms with Crippen molar-refractivity contribution in [2.24, 2.45) is 0 Å². The lowest BCUT2D eigenvalue weighted by molar-refractivity contribution is 1.18. The molecule has 0 aromatic heterocycles. The van der Waals surface area contributed by atoms with Gasteiger partial charge in [-0.05, 0) is 42.5 Å². The average Bonchev–Trinajstić information content (AvgIpc) is 2.48. The number of hydrogen-bond donors (Lipinski definition) is 0. The minimum absolute atomic E-state index is 0.978. The molecule has 0 heterocycles. The molecule has 0 spiro atoms. The summed E-state index contributed by atoms with van der Waals surface area (Å²) < 4.78 is 0. The summed E-state index contributed by atoms with van der Waals surface area (Å²) in [6.07, 6.45) is 0.978. The molecule has 0 bridgehead atoms. The van der Waals surface area contributed by atoms with Crippen molar-refractivity contribution in [3.63, 3.8) is 0 Å². The molecule has 3 aromatic rings. The second kappa shape index (κ2) is 5.97. The first-order chi connectivity index (χ1) is 10.2. The van der Waals surface area contributed by atoms with Gasteiger partial charge in [0.15, 0.2) is 0 Å². The van der Waals surface area contributed by atoms with Gasteiger partial charge in [0.05, 0.1) is 0 Å². The molecule has 3 aromatic carbocycles. The van der Waals surface area contributed by atoms with Gasteiger partial charge in [0, 0.05) is 0 Å². The summed E-state index contributed by atoms with van der Waals surface area (Å²) >= 11 is 0. The fourth-order valence-corrected chi connectivity index (χ4v) is 2.81. The fourth-order valence-electron chi connectivity index (χ4n) is 2.81. The Labute approximate surface area is 127 Å². The molecule has 0 amide bonds. The predicted molar refractivity (Wildman–Crippen MR) is 90.6 cm³/mol. The Bertz CT molecular complexity index is 753. The van der Waals surface area contributed by atoms with Crippen LogP contribution < -0.4 is 0 Å².